The summed E-state index contributed by atoms with van der Waals surface area (Å²) in [5, 5.41) is 12.7. The highest BCUT2D eigenvalue weighted by molar-refractivity contribution is 8.02. The van der Waals surface area contributed by atoms with Crippen molar-refractivity contribution >= 4 is 35.8 Å². The first-order valence-corrected chi connectivity index (χ1v) is 10.7. The Kier molecular flexibility index (Phi) is 9.31. The number of halogens is 2. The van der Waals surface area contributed by atoms with Crippen molar-refractivity contribution in [3.63, 3.8) is 0 Å². The van der Waals surface area contributed by atoms with Gasteiger partial charge in [-0.2, -0.15) is 5.10 Å². The Morgan fingerprint density at radius 3 is 2.90 bits per heavy atom. The van der Waals surface area contributed by atoms with Gasteiger partial charge in [-0.3, -0.25) is 10.2 Å². The van der Waals surface area contributed by atoms with Crippen LogP contribution in [0.25, 0.3) is 0 Å². The molecule has 1 heterocycles. The summed E-state index contributed by atoms with van der Waals surface area (Å²) in [5.74, 6) is 1.08. The third-order valence-electron chi connectivity index (χ3n) is 4.82. The number of rotatable bonds is 9. The highest BCUT2D eigenvalue weighted by atomic mass is 32.2. The monoisotopic (exact) mass is 422 g/mol. The minimum absolute atomic E-state index is 0.0511. The van der Waals surface area contributed by atoms with E-state index in [1.807, 2.05) is 22.4 Å². The lowest BCUT2D eigenvalue weighted by Gasteiger charge is -2.38. The zero-order valence-electron chi connectivity index (χ0n) is 16.8. The van der Waals surface area contributed by atoms with Gasteiger partial charge in [-0.1, -0.05) is 17.7 Å². The van der Waals surface area contributed by atoms with E-state index in [2.05, 4.69) is 17.5 Å². The van der Waals surface area contributed by atoms with Crippen LogP contribution in [0.15, 0.2) is 40.3 Å². The average Bonchev–Trinajstić information content (AvgIpc) is 2.69. The van der Waals surface area contributed by atoms with E-state index in [1.54, 1.807) is 30.8 Å². The maximum atomic E-state index is 13.2. The number of piperidine rings is 1. The van der Waals surface area contributed by atoms with Crippen LogP contribution in [-0.4, -0.2) is 48.0 Å². The van der Waals surface area contributed by atoms with Gasteiger partial charge in [-0.25, -0.2) is 8.78 Å². The van der Waals surface area contributed by atoms with E-state index in [4.69, 9.17) is 5.41 Å². The van der Waals surface area contributed by atoms with Crippen LogP contribution in [0.4, 0.5) is 14.5 Å². The van der Waals surface area contributed by atoms with E-state index in [9.17, 15) is 13.6 Å². The van der Waals surface area contributed by atoms with Crippen molar-refractivity contribution in [3.05, 3.63) is 40.8 Å². The predicted molar refractivity (Wildman–Crippen MR) is 117 cm³/mol. The standard InChI is InChI=1S/C21H28F2N4OS/c1-15(11-20(22)23)13-29-14-17-8-7-16(2)27(12-17)21(28)18-5-3-4-6-19(18)26-25-10-9-24/h3-6,9-10,13,16-17,20,24,26H,7-8,11-12,14H2,1-2H3/b15-13+,24-9?,25-10-/t16-,17?/m1/s1. The quantitative estimate of drug-likeness (QED) is 0.421. The summed E-state index contributed by atoms with van der Waals surface area (Å²) < 4.78 is 24.8. The van der Waals surface area contributed by atoms with E-state index >= 15 is 0 Å². The third kappa shape index (κ3) is 7.27. The summed E-state index contributed by atoms with van der Waals surface area (Å²) in [4.78, 5) is 15.1. The lowest BCUT2D eigenvalue weighted by atomic mass is 9.94. The van der Waals surface area contributed by atoms with Crippen molar-refractivity contribution in [1.29, 1.82) is 5.41 Å². The normalized spacial score (nSPS) is 20.3. The van der Waals surface area contributed by atoms with Gasteiger partial charge < -0.3 is 10.3 Å². The number of nitrogens with one attached hydrogen (secondary N) is 2. The smallest absolute Gasteiger partial charge is 0.256 e. The maximum absolute atomic E-state index is 13.2. The van der Waals surface area contributed by atoms with Crippen LogP contribution < -0.4 is 5.43 Å². The Morgan fingerprint density at radius 1 is 1.41 bits per heavy atom. The highest BCUT2D eigenvalue weighted by Crippen LogP contribution is 2.29. The minimum Gasteiger partial charge on any atom is -0.336 e. The SMILES string of the molecule is C/C(=C\SCC1CC[C@@H](C)N(C(=O)c2ccccc2N/N=C\C=N)C1)CC(F)F. The number of thioether (sulfide) groups is 1. The van der Waals surface area contributed by atoms with Crippen molar-refractivity contribution in [2.24, 2.45) is 11.0 Å². The molecule has 2 atom stereocenters. The zero-order valence-corrected chi connectivity index (χ0v) is 17.6. The fourth-order valence-electron chi connectivity index (χ4n) is 3.29. The number of nitrogens with zero attached hydrogens (tertiary/aromatic N) is 2. The van der Waals surface area contributed by atoms with Crippen molar-refractivity contribution in [2.45, 2.75) is 45.6 Å². The van der Waals surface area contributed by atoms with Crippen molar-refractivity contribution in [1.82, 2.24) is 4.90 Å². The van der Waals surface area contributed by atoms with E-state index < -0.39 is 6.43 Å². The van der Waals surface area contributed by atoms with Crippen LogP contribution in [0, 0.1) is 11.3 Å². The summed E-state index contributed by atoms with van der Waals surface area (Å²) in [6.45, 7) is 4.42. The molecule has 0 saturated carbocycles. The molecule has 1 aromatic carbocycles. The van der Waals surface area contributed by atoms with Crippen LogP contribution in [0.5, 0.6) is 0 Å². The maximum Gasteiger partial charge on any atom is 0.256 e. The number of para-hydroxylation sites is 1. The number of amides is 1. The second-order valence-electron chi connectivity index (χ2n) is 7.24. The minimum atomic E-state index is -2.31. The van der Waals surface area contributed by atoms with E-state index in [1.165, 1.54) is 6.21 Å². The number of likely N-dealkylation sites (tertiary alicyclic amines) is 1. The van der Waals surface area contributed by atoms with Crippen LogP contribution in [-0.2, 0) is 0 Å². The molecule has 1 aliphatic rings. The molecule has 158 valence electrons. The fourth-order valence-corrected chi connectivity index (χ4v) is 4.31. The van der Waals surface area contributed by atoms with Crippen molar-refractivity contribution in [2.75, 3.05) is 17.7 Å². The average molecular weight is 423 g/mol. The van der Waals surface area contributed by atoms with Gasteiger partial charge in [0.05, 0.1) is 17.5 Å². The van der Waals surface area contributed by atoms with Gasteiger partial charge in [0, 0.05) is 31.0 Å². The molecule has 29 heavy (non-hydrogen) atoms. The Morgan fingerprint density at radius 2 is 2.17 bits per heavy atom. The molecule has 2 rings (SSSR count). The second-order valence-corrected chi connectivity index (χ2v) is 8.15. The van der Waals surface area contributed by atoms with Gasteiger partial charge >= 0.3 is 0 Å². The van der Waals surface area contributed by atoms with Gasteiger partial charge in [0.2, 0.25) is 6.43 Å². The zero-order chi connectivity index (χ0) is 21.2. The van der Waals surface area contributed by atoms with Crippen LogP contribution in [0.3, 0.4) is 0 Å². The summed E-state index contributed by atoms with van der Waals surface area (Å²) in [6.07, 6.45) is 1.80. The molecule has 1 saturated heterocycles. The van der Waals surface area contributed by atoms with Gasteiger partial charge in [0.1, 0.15) is 0 Å². The lowest BCUT2D eigenvalue weighted by Crippen LogP contribution is -2.46. The fraction of sp³-hybridized carbons (Fsp3) is 0.476. The number of carbonyl (C=O) groups excluding carboxylic acids is 1. The topological polar surface area (TPSA) is 68.6 Å². The molecule has 8 heteroatoms. The first kappa shape index (κ1) is 23.1. The van der Waals surface area contributed by atoms with Gasteiger partial charge in [-0.05, 0) is 50.1 Å². The number of anilines is 1. The van der Waals surface area contributed by atoms with Crippen molar-refractivity contribution in [3.8, 4) is 0 Å². The highest BCUT2D eigenvalue weighted by Gasteiger charge is 2.30. The van der Waals surface area contributed by atoms with E-state index in [0.29, 0.717) is 29.3 Å². The molecule has 1 fully saturated rings. The summed E-state index contributed by atoms with van der Waals surface area (Å²) >= 11 is 1.55. The molecule has 0 spiro atoms. The van der Waals surface area contributed by atoms with Crippen LogP contribution in [0.1, 0.15) is 43.5 Å². The predicted octanol–water partition coefficient (Wildman–Crippen LogP) is 5.27. The molecule has 5 nitrogen and oxygen atoms in total. The van der Waals surface area contributed by atoms with Gasteiger partial charge in [-0.15, -0.1) is 11.8 Å². The number of carbonyl (C=O) groups is 1. The molecule has 1 unspecified atom stereocenters. The third-order valence-corrected chi connectivity index (χ3v) is 6.06. The lowest BCUT2D eigenvalue weighted by molar-refractivity contribution is 0.0578. The Hall–Kier alpha value is -2.22. The molecule has 1 amide bonds. The first-order chi connectivity index (χ1) is 13.9. The van der Waals surface area contributed by atoms with Crippen molar-refractivity contribution < 1.29 is 13.6 Å². The number of hydrazone groups is 1. The second kappa shape index (κ2) is 11.7. The number of hydrogen-bond acceptors (Lipinski definition) is 5. The van der Waals surface area contributed by atoms with Gasteiger partial charge in [0.25, 0.3) is 5.91 Å². The molecule has 2 N–H and O–H groups in total. The van der Waals surface area contributed by atoms with E-state index in [-0.39, 0.29) is 18.4 Å². The summed E-state index contributed by atoms with van der Waals surface area (Å²) in [5.41, 5.74) is 4.65. The first-order valence-electron chi connectivity index (χ1n) is 9.65. The van der Waals surface area contributed by atoms with Gasteiger partial charge in [0.15, 0.2) is 0 Å². The number of alkyl halides is 2. The molecule has 0 radical (unpaired) electrons. The molecule has 1 aliphatic heterocycles. The number of allylic oxidation sites excluding steroid dienone is 1. The number of hydrogen-bond donors (Lipinski definition) is 2. The molecule has 0 aromatic heterocycles. The molecular weight excluding hydrogens is 394 g/mol. The molecule has 0 aliphatic carbocycles. The molecular formula is C21H28F2N4OS. The Labute approximate surface area is 175 Å². The number of benzene rings is 1. The Balaban J connectivity index is 2.03. The summed E-state index contributed by atoms with van der Waals surface area (Å²) in [7, 11) is 0. The molecule has 1 aromatic rings. The van der Waals surface area contributed by atoms with E-state index in [0.717, 1.165) is 24.8 Å². The summed E-state index contributed by atoms with van der Waals surface area (Å²) in [6, 6.07) is 7.33. The van der Waals surface area contributed by atoms with Crippen LogP contribution in [0.2, 0.25) is 0 Å². The molecule has 0 bridgehead atoms. The Bertz CT molecular complexity index is 754. The largest absolute Gasteiger partial charge is 0.336 e. The van der Waals surface area contributed by atoms with Crippen LogP contribution >= 0.6 is 11.8 Å².